The van der Waals surface area contributed by atoms with E-state index in [1.165, 1.54) is 69.7 Å². The van der Waals surface area contributed by atoms with Crippen molar-refractivity contribution in [3.63, 3.8) is 0 Å². The molecule has 4 rings (SSSR count). The molecule has 148 valence electrons. The monoisotopic (exact) mass is 368 g/mol. The molecule has 2 saturated carbocycles. The molecule has 3 heteroatoms. The average molecular weight is 368 g/mol. The van der Waals surface area contributed by atoms with Gasteiger partial charge in [0.1, 0.15) is 0 Å². The maximum atomic E-state index is 6.41. The summed E-state index contributed by atoms with van der Waals surface area (Å²) >= 11 is 0. The molecule has 1 heterocycles. The Bertz CT molecular complexity index is 602. The highest BCUT2D eigenvalue weighted by molar-refractivity contribution is 6.62. The Morgan fingerprint density at radius 2 is 1.07 bits per heavy atom. The lowest BCUT2D eigenvalue weighted by Crippen LogP contribution is -2.41. The molecule has 0 bridgehead atoms. The van der Waals surface area contributed by atoms with Gasteiger partial charge in [-0.2, -0.15) is 0 Å². The van der Waals surface area contributed by atoms with Gasteiger partial charge in [-0.3, -0.25) is 0 Å². The van der Waals surface area contributed by atoms with Crippen molar-refractivity contribution in [1.29, 1.82) is 0 Å². The van der Waals surface area contributed by atoms with Crippen LogP contribution in [0, 0.1) is 0 Å². The summed E-state index contributed by atoms with van der Waals surface area (Å²) in [4.78, 5) is 0. The molecule has 0 amide bonds. The molecule has 0 N–H and O–H groups in total. The van der Waals surface area contributed by atoms with Gasteiger partial charge in [0.25, 0.3) is 0 Å². The minimum atomic E-state index is -0.274. The van der Waals surface area contributed by atoms with Crippen molar-refractivity contribution in [2.45, 2.75) is 115 Å². The summed E-state index contributed by atoms with van der Waals surface area (Å²) < 4.78 is 12.8. The van der Waals surface area contributed by atoms with Gasteiger partial charge >= 0.3 is 7.12 Å². The van der Waals surface area contributed by atoms with E-state index in [4.69, 9.17) is 9.31 Å². The summed E-state index contributed by atoms with van der Waals surface area (Å²) in [6.45, 7) is 8.61. The quantitative estimate of drug-likeness (QED) is 0.602. The number of hydrogen-bond donors (Lipinski definition) is 0. The molecule has 0 aromatic heterocycles. The van der Waals surface area contributed by atoms with Gasteiger partial charge in [0, 0.05) is 0 Å². The van der Waals surface area contributed by atoms with Crippen molar-refractivity contribution >= 4 is 12.6 Å². The Labute approximate surface area is 166 Å². The zero-order chi connectivity index (χ0) is 19.1. The van der Waals surface area contributed by atoms with Crippen LogP contribution in [0.2, 0.25) is 0 Å². The Morgan fingerprint density at radius 3 is 1.48 bits per heavy atom. The van der Waals surface area contributed by atoms with Crippen LogP contribution in [0.3, 0.4) is 0 Å². The van der Waals surface area contributed by atoms with Crippen molar-refractivity contribution in [3.8, 4) is 0 Å². The first-order valence-corrected chi connectivity index (χ1v) is 11.4. The Hall–Kier alpha value is -0.795. The molecule has 3 aliphatic rings. The van der Waals surface area contributed by atoms with Gasteiger partial charge in [0.05, 0.1) is 11.2 Å². The molecule has 2 aliphatic carbocycles. The van der Waals surface area contributed by atoms with Crippen LogP contribution in [0.4, 0.5) is 0 Å². The Balaban J connectivity index is 1.67. The topological polar surface area (TPSA) is 18.5 Å². The van der Waals surface area contributed by atoms with E-state index < -0.39 is 0 Å². The molecule has 1 aliphatic heterocycles. The third kappa shape index (κ3) is 4.01. The molecule has 0 atom stereocenters. The highest BCUT2D eigenvalue weighted by atomic mass is 16.7. The number of benzene rings is 1. The second-order valence-corrected chi connectivity index (χ2v) is 10.2. The zero-order valence-corrected chi connectivity index (χ0v) is 17.9. The van der Waals surface area contributed by atoms with E-state index in [0.717, 1.165) is 11.8 Å². The lowest BCUT2D eigenvalue weighted by molar-refractivity contribution is 0.00578. The third-order valence-corrected chi connectivity index (χ3v) is 7.68. The molecular formula is C24H37BO2. The van der Waals surface area contributed by atoms with Crippen LogP contribution in [0.25, 0.3) is 0 Å². The van der Waals surface area contributed by atoms with Gasteiger partial charge in [-0.05, 0) is 81.8 Å². The van der Waals surface area contributed by atoms with Gasteiger partial charge in [0.2, 0.25) is 0 Å². The number of hydrogen-bond acceptors (Lipinski definition) is 2. The summed E-state index contributed by atoms with van der Waals surface area (Å²) in [5, 5.41) is 0. The summed E-state index contributed by atoms with van der Waals surface area (Å²) in [7, 11) is -0.235. The molecule has 2 nitrogen and oxygen atoms in total. The first kappa shape index (κ1) is 19.5. The summed E-state index contributed by atoms with van der Waals surface area (Å²) in [5.74, 6) is 1.45. The minimum Gasteiger partial charge on any atom is -0.399 e. The Morgan fingerprint density at radius 1 is 0.667 bits per heavy atom. The second kappa shape index (κ2) is 7.56. The molecule has 0 radical (unpaired) electrons. The van der Waals surface area contributed by atoms with Gasteiger partial charge in [-0.1, -0.05) is 56.7 Å². The second-order valence-electron chi connectivity index (χ2n) is 10.2. The largest absolute Gasteiger partial charge is 0.494 e. The van der Waals surface area contributed by atoms with E-state index in [-0.39, 0.29) is 18.3 Å². The van der Waals surface area contributed by atoms with E-state index >= 15 is 0 Å². The van der Waals surface area contributed by atoms with Crippen LogP contribution in [-0.4, -0.2) is 18.3 Å². The fourth-order valence-corrected chi connectivity index (χ4v) is 5.16. The van der Waals surface area contributed by atoms with E-state index in [0.29, 0.717) is 0 Å². The first-order valence-electron chi connectivity index (χ1n) is 11.4. The molecule has 3 fully saturated rings. The molecule has 1 aromatic carbocycles. The van der Waals surface area contributed by atoms with Crippen molar-refractivity contribution in [3.05, 3.63) is 29.3 Å². The maximum absolute atomic E-state index is 6.41. The number of rotatable bonds is 3. The standard InChI is InChI=1S/C24H37BO2/c1-23(2)24(3,4)27-25(26-23)22-16-20(18-11-7-5-8-12-18)15-21(17-22)19-13-9-6-10-14-19/h15-19H,5-14H2,1-4H3. The average Bonchev–Trinajstić information content (AvgIpc) is 2.90. The molecule has 1 aromatic rings. The maximum Gasteiger partial charge on any atom is 0.494 e. The van der Waals surface area contributed by atoms with E-state index in [1.54, 1.807) is 11.1 Å². The highest BCUT2D eigenvalue weighted by Gasteiger charge is 2.51. The normalized spacial score (nSPS) is 26.4. The molecular weight excluding hydrogens is 331 g/mol. The lowest BCUT2D eigenvalue weighted by Gasteiger charge is -2.32. The molecule has 1 saturated heterocycles. The van der Waals surface area contributed by atoms with Gasteiger partial charge in [-0.25, -0.2) is 0 Å². The predicted molar refractivity (Wildman–Crippen MR) is 114 cm³/mol. The van der Waals surface area contributed by atoms with Gasteiger partial charge < -0.3 is 9.31 Å². The van der Waals surface area contributed by atoms with Gasteiger partial charge in [0.15, 0.2) is 0 Å². The fourth-order valence-electron chi connectivity index (χ4n) is 5.16. The summed E-state index contributed by atoms with van der Waals surface area (Å²) in [6, 6.07) is 7.36. The van der Waals surface area contributed by atoms with Crippen LogP contribution in [0.15, 0.2) is 18.2 Å². The van der Waals surface area contributed by atoms with Crippen LogP contribution >= 0.6 is 0 Å². The van der Waals surface area contributed by atoms with Crippen LogP contribution < -0.4 is 5.46 Å². The Kier molecular flexibility index (Phi) is 5.46. The fraction of sp³-hybridized carbons (Fsp3) is 0.750. The van der Waals surface area contributed by atoms with Crippen molar-refractivity contribution in [2.75, 3.05) is 0 Å². The molecule has 0 unspecified atom stereocenters. The van der Waals surface area contributed by atoms with Gasteiger partial charge in [-0.15, -0.1) is 0 Å². The third-order valence-electron chi connectivity index (χ3n) is 7.68. The smallest absolute Gasteiger partial charge is 0.399 e. The van der Waals surface area contributed by atoms with Crippen molar-refractivity contribution in [1.82, 2.24) is 0 Å². The zero-order valence-electron chi connectivity index (χ0n) is 17.9. The van der Waals surface area contributed by atoms with E-state index in [2.05, 4.69) is 45.9 Å². The molecule has 0 spiro atoms. The first-order chi connectivity index (χ1) is 12.9. The summed E-state index contributed by atoms with van der Waals surface area (Å²) in [6.07, 6.45) is 13.7. The summed E-state index contributed by atoms with van der Waals surface area (Å²) in [5.41, 5.74) is 3.79. The lowest BCUT2D eigenvalue weighted by atomic mass is 9.72. The van der Waals surface area contributed by atoms with Crippen LogP contribution in [0.1, 0.15) is 115 Å². The van der Waals surface area contributed by atoms with E-state index in [9.17, 15) is 0 Å². The van der Waals surface area contributed by atoms with Crippen LogP contribution in [-0.2, 0) is 9.31 Å². The predicted octanol–water partition coefficient (Wildman–Crippen LogP) is 6.08. The highest BCUT2D eigenvalue weighted by Crippen LogP contribution is 2.39. The minimum absolute atomic E-state index is 0.235. The molecule has 27 heavy (non-hydrogen) atoms. The van der Waals surface area contributed by atoms with Crippen LogP contribution in [0.5, 0.6) is 0 Å². The van der Waals surface area contributed by atoms with E-state index in [1.807, 2.05) is 0 Å². The van der Waals surface area contributed by atoms with Crippen molar-refractivity contribution < 1.29 is 9.31 Å². The SMILES string of the molecule is CC1(C)OB(c2cc(C3CCCCC3)cc(C3CCCCC3)c2)OC1(C)C. The van der Waals surface area contributed by atoms with Crippen molar-refractivity contribution in [2.24, 2.45) is 0 Å².